The maximum Gasteiger partial charge on any atom is 0.0302 e. The van der Waals surface area contributed by atoms with E-state index in [9.17, 15) is 0 Å². The minimum Gasteiger partial charge on any atom is -0.308 e. The molecule has 1 saturated heterocycles. The molecule has 5 heteroatoms. The van der Waals surface area contributed by atoms with Crippen molar-refractivity contribution < 1.29 is 0 Å². The highest BCUT2D eigenvalue weighted by molar-refractivity contribution is 7.77. The summed E-state index contributed by atoms with van der Waals surface area (Å²) in [7, 11) is 4.27. The SMILES string of the molecule is CC1CCCCN1CCCN(C(C)C)C(C)CCC(C)N(S)C(C)CN(C)C. The number of likely N-dealkylation sites (tertiary alicyclic amines) is 1. The second kappa shape index (κ2) is 13.5. The first kappa shape index (κ1) is 26.2. The summed E-state index contributed by atoms with van der Waals surface area (Å²) in [5, 5.41) is 0. The molecule has 1 heterocycles. The van der Waals surface area contributed by atoms with E-state index in [4.69, 9.17) is 12.8 Å². The maximum absolute atomic E-state index is 4.80. The normalized spacial score (nSPS) is 22.4. The molecular formula is C23H50N4S. The molecule has 4 nitrogen and oxygen atoms in total. The Balaban J connectivity index is 2.41. The maximum atomic E-state index is 4.80. The molecule has 168 valence electrons. The molecule has 1 rings (SSSR count). The van der Waals surface area contributed by atoms with Gasteiger partial charge in [0.2, 0.25) is 0 Å². The van der Waals surface area contributed by atoms with Crippen molar-refractivity contribution in [2.45, 2.75) is 110 Å². The molecule has 0 aromatic heterocycles. The molecule has 0 saturated carbocycles. The van der Waals surface area contributed by atoms with Crippen molar-refractivity contribution in [1.82, 2.24) is 19.0 Å². The van der Waals surface area contributed by atoms with Gasteiger partial charge in [-0.1, -0.05) is 19.2 Å². The highest BCUT2D eigenvalue weighted by Crippen LogP contribution is 2.20. The Hall–Kier alpha value is 0.190. The number of piperidine rings is 1. The molecule has 0 N–H and O–H groups in total. The van der Waals surface area contributed by atoms with Gasteiger partial charge in [-0.3, -0.25) is 4.90 Å². The Morgan fingerprint density at radius 1 is 0.964 bits per heavy atom. The smallest absolute Gasteiger partial charge is 0.0302 e. The molecule has 1 aliphatic rings. The second-order valence-electron chi connectivity index (χ2n) is 9.83. The lowest BCUT2D eigenvalue weighted by Crippen LogP contribution is -2.43. The number of likely N-dealkylation sites (N-methyl/N-ethyl adjacent to an activating group) is 1. The quantitative estimate of drug-likeness (QED) is 0.442. The minimum atomic E-state index is 0.469. The average Bonchev–Trinajstić information content (AvgIpc) is 2.62. The monoisotopic (exact) mass is 414 g/mol. The second-order valence-corrected chi connectivity index (χ2v) is 10.3. The van der Waals surface area contributed by atoms with Crippen LogP contribution in [0.1, 0.15) is 80.1 Å². The topological polar surface area (TPSA) is 13.0 Å². The van der Waals surface area contributed by atoms with Crippen molar-refractivity contribution in [2.24, 2.45) is 0 Å². The van der Waals surface area contributed by atoms with E-state index in [1.54, 1.807) is 0 Å². The lowest BCUT2D eigenvalue weighted by molar-refractivity contribution is 0.118. The molecule has 0 amide bonds. The third-order valence-corrected chi connectivity index (χ3v) is 7.35. The highest BCUT2D eigenvalue weighted by Gasteiger charge is 2.22. The zero-order valence-electron chi connectivity index (χ0n) is 20.2. The van der Waals surface area contributed by atoms with Crippen LogP contribution in [0.15, 0.2) is 0 Å². The van der Waals surface area contributed by atoms with Gasteiger partial charge < -0.3 is 9.80 Å². The van der Waals surface area contributed by atoms with Crippen LogP contribution in [0, 0.1) is 0 Å². The van der Waals surface area contributed by atoms with Crippen molar-refractivity contribution in [2.75, 3.05) is 40.3 Å². The largest absolute Gasteiger partial charge is 0.308 e. The number of nitrogens with zero attached hydrogens (tertiary/aromatic N) is 4. The lowest BCUT2D eigenvalue weighted by Gasteiger charge is -2.37. The Bertz CT molecular complexity index is 404. The van der Waals surface area contributed by atoms with E-state index in [-0.39, 0.29) is 0 Å². The molecule has 28 heavy (non-hydrogen) atoms. The van der Waals surface area contributed by atoms with Gasteiger partial charge in [0.25, 0.3) is 0 Å². The van der Waals surface area contributed by atoms with Crippen LogP contribution < -0.4 is 0 Å². The van der Waals surface area contributed by atoms with Crippen LogP contribution in [0.5, 0.6) is 0 Å². The molecule has 0 radical (unpaired) electrons. The van der Waals surface area contributed by atoms with Crippen molar-refractivity contribution in [1.29, 1.82) is 0 Å². The predicted octanol–water partition coefficient (Wildman–Crippen LogP) is 4.62. The Kier molecular flexibility index (Phi) is 12.6. The van der Waals surface area contributed by atoms with Crippen LogP contribution in [-0.4, -0.2) is 89.5 Å². The van der Waals surface area contributed by atoms with E-state index < -0.39 is 0 Å². The summed E-state index contributed by atoms with van der Waals surface area (Å²) in [6, 6.07) is 3.00. The molecule has 0 bridgehead atoms. The fraction of sp³-hybridized carbons (Fsp3) is 1.00. The molecule has 0 aromatic carbocycles. The van der Waals surface area contributed by atoms with Gasteiger partial charge in [0.1, 0.15) is 0 Å². The van der Waals surface area contributed by atoms with E-state index in [1.165, 1.54) is 58.2 Å². The van der Waals surface area contributed by atoms with Crippen LogP contribution in [0.2, 0.25) is 0 Å². The van der Waals surface area contributed by atoms with Crippen molar-refractivity contribution in [3.63, 3.8) is 0 Å². The van der Waals surface area contributed by atoms with E-state index in [0.29, 0.717) is 24.2 Å². The number of thiol groups is 1. The first-order valence-corrected chi connectivity index (χ1v) is 12.1. The zero-order valence-corrected chi connectivity index (χ0v) is 21.1. The van der Waals surface area contributed by atoms with Crippen molar-refractivity contribution in [3.8, 4) is 0 Å². The van der Waals surface area contributed by atoms with Gasteiger partial charge in [0, 0.05) is 36.8 Å². The van der Waals surface area contributed by atoms with E-state index in [2.05, 4.69) is 74.6 Å². The van der Waals surface area contributed by atoms with Crippen LogP contribution in [0.25, 0.3) is 0 Å². The summed E-state index contributed by atoms with van der Waals surface area (Å²) < 4.78 is 2.25. The van der Waals surface area contributed by atoms with E-state index in [1.807, 2.05) is 0 Å². The van der Waals surface area contributed by atoms with Crippen LogP contribution >= 0.6 is 12.8 Å². The van der Waals surface area contributed by atoms with Gasteiger partial charge >= 0.3 is 0 Å². The van der Waals surface area contributed by atoms with Gasteiger partial charge in [-0.25, -0.2) is 4.31 Å². The molecular weight excluding hydrogens is 364 g/mol. The van der Waals surface area contributed by atoms with Crippen LogP contribution in [0.3, 0.4) is 0 Å². The Morgan fingerprint density at radius 2 is 1.61 bits per heavy atom. The van der Waals surface area contributed by atoms with Gasteiger partial charge in [-0.2, -0.15) is 0 Å². The van der Waals surface area contributed by atoms with Crippen LogP contribution in [-0.2, 0) is 0 Å². The fourth-order valence-corrected chi connectivity index (χ4v) is 4.95. The number of hydrogen-bond acceptors (Lipinski definition) is 5. The van der Waals surface area contributed by atoms with Gasteiger partial charge in [-0.15, -0.1) is 0 Å². The lowest BCUT2D eigenvalue weighted by atomic mass is 10.0. The summed E-state index contributed by atoms with van der Waals surface area (Å²) in [6.45, 7) is 19.0. The van der Waals surface area contributed by atoms with Crippen molar-refractivity contribution in [3.05, 3.63) is 0 Å². The average molecular weight is 415 g/mol. The molecule has 1 aliphatic heterocycles. The summed E-state index contributed by atoms with van der Waals surface area (Å²) >= 11 is 4.80. The predicted molar refractivity (Wildman–Crippen MR) is 128 cm³/mol. The van der Waals surface area contributed by atoms with Gasteiger partial charge in [0.15, 0.2) is 0 Å². The van der Waals surface area contributed by atoms with Crippen molar-refractivity contribution >= 4 is 12.8 Å². The highest BCUT2D eigenvalue weighted by atomic mass is 32.1. The zero-order chi connectivity index (χ0) is 21.3. The molecule has 4 unspecified atom stereocenters. The first-order valence-electron chi connectivity index (χ1n) is 11.7. The molecule has 0 aliphatic carbocycles. The summed E-state index contributed by atoms with van der Waals surface area (Å²) in [4.78, 5) is 7.67. The molecule has 4 atom stereocenters. The fourth-order valence-electron chi connectivity index (χ4n) is 4.76. The standard InChI is InChI=1S/C23H50N4S/c1-19(2)26(17-11-16-25-15-10-9-12-20(25)3)21(4)13-14-22(5)27(28)23(6)18-24(7)8/h19-23,28H,9-18H2,1-8H3. The first-order chi connectivity index (χ1) is 13.1. The van der Waals surface area contributed by atoms with E-state index in [0.717, 1.165) is 12.6 Å². The van der Waals surface area contributed by atoms with Gasteiger partial charge in [0.05, 0.1) is 0 Å². The number of hydrogen-bond donors (Lipinski definition) is 1. The van der Waals surface area contributed by atoms with Crippen LogP contribution in [0.4, 0.5) is 0 Å². The summed E-state index contributed by atoms with van der Waals surface area (Å²) in [5.41, 5.74) is 0. The molecule has 1 fully saturated rings. The summed E-state index contributed by atoms with van der Waals surface area (Å²) in [6.07, 6.45) is 7.93. The number of rotatable bonds is 13. The van der Waals surface area contributed by atoms with Gasteiger partial charge in [-0.05, 0) is 107 Å². The Morgan fingerprint density at radius 3 is 2.18 bits per heavy atom. The summed E-state index contributed by atoms with van der Waals surface area (Å²) in [5.74, 6) is 0. The molecule has 0 spiro atoms. The minimum absolute atomic E-state index is 0.469. The molecule has 0 aromatic rings. The Labute approximate surface area is 182 Å². The third-order valence-electron chi connectivity index (χ3n) is 6.57. The van der Waals surface area contributed by atoms with E-state index >= 15 is 0 Å². The third kappa shape index (κ3) is 9.34.